The van der Waals surface area contributed by atoms with E-state index in [9.17, 15) is 39.5 Å². The van der Waals surface area contributed by atoms with Crippen molar-refractivity contribution in [2.45, 2.75) is 102 Å². The molecule has 2 aromatic carbocycles. The highest BCUT2D eigenvalue weighted by molar-refractivity contribution is 5.35. The molecular formula is C31H33F11O. The van der Waals surface area contributed by atoms with E-state index in [-0.39, 0.29) is 23.6 Å². The van der Waals surface area contributed by atoms with E-state index in [0.29, 0.717) is 24.7 Å². The smallest absolute Gasteiger partial charge is 0.222 e. The fourth-order valence-corrected chi connectivity index (χ4v) is 7.01. The van der Waals surface area contributed by atoms with E-state index in [1.54, 1.807) is 0 Å². The van der Waals surface area contributed by atoms with Gasteiger partial charge in [0.05, 0.1) is 5.56 Å². The van der Waals surface area contributed by atoms with E-state index in [0.717, 1.165) is 30.9 Å². The quantitative estimate of drug-likeness (QED) is 0.251. The number of hydrogen-bond donors (Lipinski definition) is 0. The highest BCUT2D eigenvalue weighted by Crippen LogP contribution is 2.46. The molecular weight excluding hydrogens is 597 g/mol. The van der Waals surface area contributed by atoms with Crippen LogP contribution < -0.4 is 0 Å². The van der Waals surface area contributed by atoms with Crippen LogP contribution in [0.4, 0.5) is 48.3 Å². The standard InChI is InChI=1S/C31H33F11O/c1-2-3-17-4-6-19(7-5-17)20-8-10-21(11-9-20)22-14-25(34)27(26(35)15-22)29(36,37)16-18-12-23(32)28(24(33)13-18)30(38,39)43-31(40,41)42/h12-15,17,19-21H,2-11,16H2,1H3. The lowest BCUT2D eigenvalue weighted by Crippen LogP contribution is -2.30. The van der Waals surface area contributed by atoms with E-state index in [4.69, 9.17) is 0 Å². The van der Waals surface area contributed by atoms with Crippen molar-refractivity contribution in [2.75, 3.05) is 0 Å². The molecule has 12 heteroatoms. The fourth-order valence-electron chi connectivity index (χ4n) is 7.01. The second-order valence-corrected chi connectivity index (χ2v) is 11.9. The molecule has 0 bridgehead atoms. The molecule has 4 rings (SSSR count). The molecule has 2 saturated carbocycles. The average Bonchev–Trinajstić information content (AvgIpc) is 2.86. The Morgan fingerprint density at radius 1 is 0.651 bits per heavy atom. The predicted octanol–water partition coefficient (Wildman–Crippen LogP) is 11.0. The van der Waals surface area contributed by atoms with Crippen molar-refractivity contribution in [1.29, 1.82) is 0 Å². The summed E-state index contributed by atoms with van der Waals surface area (Å²) in [4.78, 5) is 0. The van der Waals surface area contributed by atoms with Crippen LogP contribution in [-0.4, -0.2) is 6.36 Å². The van der Waals surface area contributed by atoms with Crippen molar-refractivity contribution in [2.24, 2.45) is 17.8 Å². The number of rotatable bonds is 9. The van der Waals surface area contributed by atoms with Gasteiger partial charge in [-0.05, 0) is 97.6 Å². The van der Waals surface area contributed by atoms with Crippen LogP contribution in [0.3, 0.4) is 0 Å². The van der Waals surface area contributed by atoms with Gasteiger partial charge in [-0.25, -0.2) is 31.1 Å². The van der Waals surface area contributed by atoms with Gasteiger partial charge in [0.1, 0.15) is 28.8 Å². The zero-order chi connectivity index (χ0) is 31.7. The zero-order valence-corrected chi connectivity index (χ0v) is 23.5. The second-order valence-electron chi connectivity index (χ2n) is 11.9. The number of benzene rings is 2. The largest absolute Gasteiger partial charge is 0.527 e. The zero-order valence-electron chi connectivity index (χ0n) is 23.5. The molecule has 0 heterocycles. The van der Waals surface area contributed by atoms with E-state index >= 15 is 8.78 Å². The first-order valence-corrected chi connectivity index (χ1v) is 14.5. The first-order valence-electron chi connectivity index (χ1n) is 14.5. The third-order valence-corrected chi connectivity index (χ3v) is 8.99. The molecule has 240 valence electrons. The average molecular weight is 631 g/mol. The van der Waals surface area contributed by atoms with Gasteiger partial charge in [0, 0.05) is 6.42 Å². The third kappa shape index (κ3) is 8.02. The second kappa shape index (κ2) is 12.9. The van der Waals surface area contributed by atoms with E-state index < -0.39 is 64.8 Å². The monoisotopic (exact) mass is 630 g/mol. The maximum atomic E-state index is 15.0. The Morgan fingerprint density at radius 2 is 1.12 bits per heavy atom. The molecule has 43 heavy (non-hydrogen) atoms. The van der Waals surface area contributed by atoms with Crippen LogP contribution in [0.15, 0.2) is 24.3 Å². The van der Waals surface area contributed by atoms with Gasteiger partial charge >= 0.3 is 12.5 Å². The van der Waals surface area contributed by atoms with Crippen molar-refractivity contribution in [1.82, 2.24) is 0 Å². The molecule has 1 nitrogen and oxygen atoms in total. The minimum absolute atomic E-state index is 0.0567. The van der Waals surface area contributed by atoms with Gasteiger partial charge in [-0.3, -0.25) is 0 Å². The molecule has 0 N–H and O–H groups in total. The molecule has 2 fully saturated rings. The van der Waals surface area contributed by atoms with Crippen LogP contribution in [0, 0.1) is 41.0 Å². The minimum atomic E-state index is -5.97. The summed E-state index contributed by atoms with van der Waals surface area (Å²) in [6.45, 7) is 2.18. The first-order chi connectivity index (χ1) is 20.0. The lowest BCUT2D eigenvalue weighted by atomic mass is 9.68. The topological polar surface area (TPSA) is 9.23 Å². The molecule has 0 spiro atoms. The van der Waals surface area contributed by atoms with Crippen LogP contribution in [0.25, 0.3) is 0 Å². The summed E-state index contributed by atoms with van der Waals surface area (Å²) >= 11 is 0. The summed E-state index contributed by atoms with van der Waals surface area (Å²) in [7, 11) is 0. The van der Waals surface area contributed by atoms with Gasteiger partial charge in [-0.1, -0.05) is 32.6 Å². The molecule has 0 atom stereocenters. The Kier molecular flexibility index (Phi) is 10.1. The van der Waals surface area contributed by atoms with Crippen molar-refractivity contribution in [3.8, 4) is 0 Å². The molecule has 0 saturated heterocycles. The number of alkyl halides is 7. The summed E-state index contributed by atoms with van der Waals surface area (Å²) in [5.41, 5.74) is -4.90. The van der Waals surface area contributed by atoms with Gasteiger partial charge in [0.2, 0.25) is 0 Å². The molecule has 0 aliphatic heterocycles. The molecule has 0 aromatic heterocycles. The normalized spacial score (nSPS) is 23.9. The van der Waals surface area contributed by atoms with Crippen LogP contribution >= 0.6 is 0 Å². The molecule has 2 aliphatic carbocycles. The van der Waals surface area contributed by atoms with Gasteiger partial charge in [0.15, 0.2) is 0 Å². The predicted molar refractivity (Wildman–Crippen MR) is 136 cm³/mol. The van der Waals surface area contributed by atoms with Crippen molar-refractivity contribution < 1.29 is 53.0 Å². The van der Waals surface area contributed by atoms with Gasteiger partial charge in [-0.15, -0.1) is 13.2 Å². The van der Waals surface area contributed by atoms with E-state index in [2.05, 4.69) is 11.7 Å². The summed E-state index contributed by atoms with van der Waals surface area (Å²) in [6, 6.07) is 1.54. The van der Waals surface area contributed by atoms with Gasteiger partial charge in [-0.2, -0.15) is 8.78 Å². The van der Waals surface area contributed by atoms with Crippen molar-refractivity contribution in [3.05, 3.63) is 69.8 Å². The summed E-state index contributed by atoms with van der Waals surface area (Å²) in [5.74, 6) is -10.4. The summed E-state index contributed by atoms with van der Waals surface area (Å²) < 4.78 is 155. The van der Waals surface area contributed by atoms with Crippen molar-refractivity contribution in [3.63, 3.8) is 0 Å². The van der Waals surface area contributed by atoms with Crippen molar-refractivity contribution >= 4 is 0 Å². The highest BCUT2D eigenvalue weighted by atomic mass is 19.4. The Labute approximate surface area is 242 Å². The van der Waals surface area contributed by atoms with Crippen LogP contribution in [-0.2, 0) is 23.2 Å². The van der Waals surface area contributed by atoms with Crippen LogP contribution in [0.5, 0.6) is 0 Å². The Balaban J connectivity index is 1.45. The van der Waals surface area contributed by atoms with Gasteiger partial charge in [0.25, 0.3) is 5.92 Å². The Morgan fingerprint density at radius 3 is 1.58 bits per heavy atom. The molecule has 0 amide bonds. The Hall–Kier alpha value is -2.37. The first kappa shape index (κ1) is 33.5. The lowest BCUT2D eigenvalue weighted by Gasteiger charge is -2.38. The van der Waals surface area contributed by atoms with Crippen LogP contribution in [0.2, 0.25) is 0 Å². The lowest BCUT2D eigenvalue weighted by molar-refractivity contribution is -0.432. The summed E-state index contributed by atoms with van der Waals surface area (Å²) in [5, 5.41) is 0. The fraction of sp³-hybridized carbons (Fsp3) is 0.613. The molecule has 0 unspecified atom stereocenters. The maximum absolute atomic E-state index is 15.0. The Bertz CT molecular complexity index is 1210. The minimum Gasteiger partial charge on any atom is -0.222 e. The summed E-state index contributed by atoms with van der Waals surface area (Å²) in [6.07, 6.45) is -2.95. The highest BCUT2D eigenvalue weighted by Gasteiger charge is 2.50. The van der Waals surface area contributed by atoms with Crippen LogP contribution in [0.1, 0.15) is 99.3 Å². The maximum Gasteiger partial charge on any atom is 0.527 e. The van der Waals surface area contributed by atoms with Gasteiger partial charge < -0.3 is 0 Å². The van der Waals surface area contributed by atoms with E-state index in [1.807, 2.05) is 0 Å². The number of hydrogen-bond acceptors (Lipinski definition) is 1. The number of ether oxygens (including phenoxy) is 1. The third-order valence-electron chi connectivity index (χ3n) is 8.99. The molecule has 0 radical (unpaired) electrons. The number of halogens is 11. The van der Waals surface area contributed by atoms with E-state index in [1.165, 1.54) is 38.5 Å². The molecule has 2 aromatic rings. The SMILES string of the molecule is CCCC1CCC(C2CCC(c3cc(F)c(C(F)(F)Cc4cc(F)c(C(F)(F)OC(F)(F)F)c(F)c4)c(F)c3)CC2)CC1. The molecule has 2 aliphatic rings.